The number of aromatic amines is 1. The minimum Gasteiger partial charge on any atom is -0.497 e. The van der Waals surface area contributed by atoms with Gasteiger partial charge in [0.1, 0.15) is 16.8 Å². The molecule has 0 saturated carbocycles. The highest BCUT2D eigenvalue weighted by Gasteiger charge is 2.24. The van der Waals surface area contributed by atoms with Crippen LogP contribution in [0.15, 0.2) is 29.3 Å². The van der Waals surface area contributed by atoms with E-state index in [1.165, 1.54) is 6.42 Å². The Morgan fingerprint density at radius 2 is 2.29 bits per heavy atom. The van der Waals surface area contributed by atoms with Crippen LogP contribution in [0.3, 0.4) is 0 Å². The number of methoxy groups -OCH3 is 1. The number of likely N-dealkylation sites (tertiary alicyclic amines) is 1. The molecule has 6 nitrogen and oxygen atoms in total. The Morgan fingerprint density at radius 1 is 1.42 bits per heavy atom. The average molecular weight is 326 g/mol. The maximum Gasteiger partial charge on any atom is 0.277 e. The Hall–Kier alpha value is -2.34. The topological polar surface area (TPSA) is 63.1 Å². The van der Waals surface area contributed by atoms with Crippen molar-refractivity contribution >= 4 is 21.9 Å². The number of hydrogen-bond donors (Lipinski definition) is 1. The van der Waals surface area contributed by atoms with E-state index in [2.05, 4.69) is 21.8 Å². The Labute approximate surface area is 140 Å². The minimum absolute atomic E-state index is 0.00174. The summed E-state index contributed by atoms with van der Waals surface area (Å²) in [7, 11) is 1.64. The molecule has 6 heteroatoms. The fraction of sp³-hybridized carbons (Fsp3) is 0.444. The van der Waals surface area contributed by atoms with E-state index in [-0.39, 0.29) is 5.56 Å². The first-order chi connectivity index (χ1) is 11.7. The van der Waals surface area contributed by atoms with Crippen molar-refractivity contribution in [2.75, 3.05) is 20.2 Å². The minimum atomic E-state index is -0.00174. The van der Waals surface area contributed by atoms with Crippen LogP contribution < -0.4 is 10.3 Å². The summed E-state index contributed by atoms with van der Waals surface area (Å²) in [6, 6.07) is 6.16. The van der Waals surface area contributed by atoms with Crippen LogP contribution >= 0.6 is 0 Å². The number of fused-ring (bicyclic) bond motifs is 3. The largest absolute Gasteiger partial charge is 0.497 e. The lowest BCUT2D eigenvalue weighted by Gasteiger charge is -2.23. The number of nitrogens with one attached hydrogen (secondary N) is 1. The molecule has 1 saturated heterocycles. The zero-order valence-electron chi connectivity index (χ0n) is 14.1. The van der Waals surface area contributed by atoms with E-state index in [0.29, 0.717) is 18.1 Å². The molecule has 3 aromatic rings. The fourth-order valence-corrected chi connectivity index (χ4v) is 3.78. The lowest BCUT2D eigenvalue weighted by Crippen LogP contribution is -2.36. The van der Waals surface area contributed by atoms with Crippen molar-refractivity contribution in [3.63, 3.8) is 0 Å². The second kappa shape index (κ2) is 5.94. The van der Waals surface area contributed by atoms with Gasteiger partial charge in [0.25, 0.3) is 5.56 Å². The third-order valence-electron chi connectivity index (χ3n) is 5.09. The second-order valence-corrected chi connectivity index (χ2v) is 6.39. The number of H-pyrrole nitrogens is 1. The molecule has 1 aliphatic heterocycles. The van der Waals surface area contributed by atoms with Crippen LogP contribution in [0.1, 0.15) is 19.8 Å². The smallest absolute Gasteiger partial charge is 0.277 e. The van der Waals surface area contributed by atoms with Crippen LogP contribution in [0.4, 0.5) is 0 Å². The van der Waals surface area contributed by atoms with Gasteiger partial charge in [-0.05, 0) is 38.1 Å². The molecule has 126 valence electrons. The molecule has 24 heavy (non-hydrogen) atoms. The zero-order chi connectivity index (χ0) is 16.7. The first kappa shape index (κ1) is 15.2. The monoisotopic (exact) mass is 326 g/mol. The van der Waals surface area contributed by atoms with Gasteiger partial charge in [0, 0.05) is 24.0 Å². The van der Waals surface area contributed by atoms with Gasteiger partial charge in [-0.15, -0.1) is 0 Å². The van der Waals surface area contributed by atoms with Gasteiger partial charge in [0.2, 0.25) is 0 Å². The zero-order valence-corrected chi connectivity index (χ0v) is 14.1. The van der Waals surface area contributed by atoms with Gasteiger partial charge >= 0.3 is 0 Å². The first-order valence-corrected chi connectivity index (χ1v) is 8.50. The first-order valence-electron chi connectivity index (χ1n) is 8.50. The average Bonchev–Trinajstić information content (AvgIpc) is 3.20. The van der Waals surface area contributed by atoms with E-state index >= 15 is 0 Å². The van der Waals surface area contributed by atoms with Crippen LogP contribution in [-0.4, -0.2) is 45.7 Å². The molecule has 2 aromatic heterocycles. The fourth-order valence-electron chi connectivity index (χ4n) is 3.78. The molecule has 1 N–H and O–H groups in total. The molecule has 1 fully saturated rings. The van der Waals surface area contributed by atoms with Crippen LogP contribution in [0.5, 0.6) is 5.75 Å². The molecule has 0 aliphatic carbocycles. The van der Waals surface area contributed by atoms with E-state index in [1.54, 1.807) is 18.0 Å². The van der Waals surface area contributed by atoms with Crippen LogP contribution in [-0.2, 0) is 6.54 Å². The van der Waals surface area contributed by atoms with Crippen LogP contribution in [0, 0.1) is 0 Å². The van der Waals surface area contributed by atoms with Crippen molar-refractivity contribution in [1.82, 2.24) is 19.4 Å². The van der Waals surface area contributed by atoms with E-state index in [4.69, 9.17) is 4.74 Å². The summed E-state index contributed by atoms with van der Waals surface area (Å²) in [5, 5.41) is 0.950. The van der Waals surface area contributed by atoms with Gasteiger partial charge in [-0.2, -0.15) is 0 Å². The molecule has 0 unspecified atom stereocenters. The third-order valence-corrected chi connectivity index (χ3v) is 5.09. The molecular formula is C18H22N4O2. The highest BCUT2D eigenvalue weighted by molar-refractivity contribution is 6.04. The Bertz CT molecular complexity index is 943. The summed E-state index contributed by atoms with van der Waals surface area (Å²) in [5.41, 5.74) is 2.18. The molecule has 3 heterocycles. The summed E-state index contributed by atoms with van der Waals surface area (Å²) >= 11 is 0. The third kappa shape index (κ3) is 2.38. The SMILES string of the molecule is CCN1CCC[C@@H]1Cn1cnc2c([nH]c3cc(OC)ccc32)c1=O. The second-order valence-electron chi connectivity index (χ2n) is 6.39. The maximum absolute atomic E-state index is 12.9. The number of benzene rings is 1. The lowest BCUT2D eigenvalue weighted by atomic mass is 10.2. The summed E-state index contributed by atoms with van der Waals surface area (Å²) in [4.78, 5) is 23.1. The van der Waals surface area contributed by atoms with Crippen molar-refractivity contribution in [3.8, 4) is 5.75 Å². The summed E-state index contributed by atoms with van der Waals surface area (Å²) in [6.45, 7) is 5.03. The van der Waals surface area contributed by atoms with E-state index < -0.39 is 0 Å². The molecule has 4 rings (SSSR count). The molecular weight excluding hydrogens is 304 g/mol. The summed E-state index contributed by atoms with van der Waals surface area (Å²) in [5.74, 6) is 0.763. The molecule has 1 aliphatic rings. The highest BCUT2D eigenvalue weighted by atomic mass is 16.5. The normalized spacial score (nSPS) is 18.7. The van der Waals surface area contributed by atoms with Crippen molar-refractivity contribution in [2.45, 2.75) is 32.4 Å². The molecule has 1 atom stereocenters. The number of likely N-dealkylation sites (N-methyl/N-ethyl adjacent to an activating group) is 1. The Morgan fingerprint density at radius 3 is 3.08 bits per heavy atom. The number of aromatic nitrogens is 3. The van der Waals surface area contributed by atoms with E-state index in [0.717, 1.165) is 41.7 Å². The van der Waals surface area contributed by atoms with Crippen molar-refractivity contribution in [2.24, 2.45) is 0 Å². The van der Waals surface area contributed by atoms with Gasteiger partial charge in [-0.25, -0.2) is 4.98 Å². The van der Waals surface area contributed by atoms with E-state index in [9.17, 15) is 4.79 Å². The number of hydrogen-bond acceptors (Lipinski definition) is 4. The Kier molecular flexibility index (Phi) is 3.76. The highest BCUT2D eigenvalue weighted by Crippen LogP contribution is 2.25. The molecule has 1 aromatic carbocycles. The van der Waals surface area contributed by atoms with Gasteiger partial charge in [0.15, 0.2) is 0 Å². The van der Waals surface area contributed by atoms with Crippen LogP contribution in [0.25, 0.3) is 21.9 Å². The maximum atomic E-state index is 12.9. The van der Waals surface area contributed by atoms with Gasteiger partial charge < -0.3 is 9.72 Å². The standard InChI is InChI=1S/C18H22N4O2/c1-3-21-8-4-5-12(21)10-22-11-19-16-14-7-6-13(24-2)9-15(14)20-17(16)18(22)23/h6-7,9,11-12,20H,3-5,8,10H2,1-2H3/t12-/m1/s1. The van der Waals surface area contributed by atoms with Gasteiger partial charge in [0.05, 0.1) is 19.0 Å². The number of ether oxygens (including phenoxy) is 1. The lowest BCUT2D eigenvalue weighted by molar-refractivity contribution is 0.242. The Balaban J connectivity index is 1.77. The molecule has 0 spiro atoms. The quantitative estimate of drug-likeness (QED) is 0.799. The van der Waals surface area contributed by atoms with E-state index in [1.807, 2.05) is 18.2 Å². The predicted octanol–water partition coefficient (Wildman–Crippen LogP) is 2.37. The summed E-state index contributed by atoms with van der Waals surface area (Å²) in [6.07, 6.45) is 4.03. The summed E-state index contributed by atoms with van der Waals surface area (Å²) < 4.78 is 7.00. The molecule has 0 bridgehead atoms. The number of rotatable bonds is 4. The van der Waals surface area contributed by atoms with Crippen molar-refractivity contribution < 1.29 is 4.74 Å². The number of nitrogens with zero attached hydrogens (tertiary/aromatic N) is 3. The van der Waals surface area contributed by atoms with Crippen molar-refractivity contribution in [1.29, 1.82) is 0 Å². The predicted molar refractivity (Wildman–Crippen MR) is 94.7 cm³/mol. The van der Waals surface area contributed by atoms with Crippen LogP contribution in [0.2, 0.25) is 0 Å². The molecule has 0 amide bonds. The van der Waals surface area contributed by atoms with Gasteiger partial charge in [-0.3, -0.25) is 14.3 Å². The van der Waals surface area contributed by atoms with Crippen molar-refractivity contribution in [3.05, 3.63) is 34.9 Å². The molecule has 0 radical (unpaired) electrons. The van der Waals surface area contributed by atoms with Gasteiger partial charge in [-0.1, -0.05) is 6.92 Å².